The molecule has 1 aliphatic carbocycles. The molecule has 85 valence electrons. The molecule has 1 saturated carbocycles. The van der Waals surface area contributed by atoms with Gasteiger partial charge in [-0.1, -0.05) is 25.1 Å². The van der Waals surface area contributed by atoms with Crippen molar-refractivity contribution in [1.29, 1.82) is 0 Å². The Morgan fingerprint density at radius 3 is 2.81 bits per heavy atom. The maximum absolute atomic E-state index is 5.67. The molecule has 1 aliphatic rings. The van der Waals surface area contributed by atoms with E-state index in [1.807, 2.05) is 13.0 Å². The maximum atomic E-state index is 5.67. The van der Waals surface area contributed by atoms with E-state index in [1.165, 1.54) is 29.9 Å². The van der Waals surface area contributed by atoms with Crippen molar-refractivity contribution in [2.24, 2.45) is 0 Å². The second-order valence-corrected chi connectivity index (χ2v) is 4.35. The van der Waals surface area contributed by atoms with Crippen LogP contribution in [0.25, 0.3) is 0 Å². The highest BCUT2D eigenvalue weighted by Crippen LogP contribution is 2.45. The number of hydrogen-bond acceptors (Lipinski definition) is 1. The molecule has 16 heavy (non-hydrogen) atoms. The van der Waals surface area contributed by atoms with Crippen molar-refractivity contribution in [1.82, 2.24) is 0 Å². The largest absolute Gasteiger partial charge is 0.494 e. The predicted molar refractivity (Wildman–Crippen MR) is 67.8 cm³/mol. The van der Waals surface area contributed by atoms with Gasteiger partial charge in [0.1, 0.15) is 5.75 Å². The molecule has 0 spiro atoms. The Kier molecular flexibility index (Phi) is 3.33. The Hall–Kier alpha value is -1.24. The van der Waals surface area contributed by atoms with Gasteiger partial charge in [-0.25, -0.2) is 0 Å². The Morgan fingerprint density at radius 2 is 2.25 bits per heavy atom. The summed E-state index contributed by atoms with van der Waals surface area (Å²) in [4.78, 5) is 0. The molecule has 2 rings (SSSR count). The fourth-order valence-electron chi connectivity index (χ4n) is 1.91. The topological polar surface area (TPSA) is 9.23 Å². The summed E-state index contributed by atoms with van der Waals surface area (Å²) in [5.41, 5.74) is 2.64. The van der Waals surface area contributed by atoms with Crippen LogP contribution in [0.4, 0.5) is 0 Å². The van der Waals surface area contributed by atoms with Gasteiger partial charge in [0.2, 0.25) is 0 Å². The summed E-state index contributed by atoms with van der Waals surface area (Å²) < 4.78 is 5.67. The molecule has 1 heteroatoms. The summed E-state index contributed by atoms with van der Waals surface area (Å²) >= 11 is 0. The first-order valence-corrected chi connectivity index (χ1v) is 5.99. The normalized spacial score (nSPS) is 15.2. The molecule has 0 heterocycles. The van der Waals surface area contributed by atoms with Crippen molar-refractivity contribution in [3.63, 3.8) is 0 Å². The second kappa shape index (κ2) is 4.73. The predicted octanol–water partition coefficient (Wildman–Crippen LogP) is 4.09. The van der Waals surface area contributed by atoms with Crippen LogP contribution in [-0.2, 0) is 0 Å². The summed E-state index contributed by atoms with van der Waals surface area (Å²) in [5.74, 6) is 3.01. The number of allylic oxidation sites excluding steroid dienone is 1. The number of benzene rings is 1. The van der Waals surface area contributed by atoms with Crippen LogP contribution in [0, 0.1) is 5.92 Å². The lowest BCUT2D eigenvalue weighted by molar-refractivity contribution is 0.336. The third-order valence-electron chi connectivity index (χ3n) is 3.09. The molecular weight excluding hydrogens is 196 g/mol. The zero-order valence-electron chi connectivity index (χ0n) is 10.1. The number of ether oxygens (including phenoxy) is 1. The van der Waals surface area contributed by atoms with E-state index in [9.17, 15) is 0 Å². The summed E-state index contributed by atoms with van der Waals surface area (Å²) in [6, 6.07) is 6.48. The van der Waals surface area contributed by atoms with Gasteiger partial charge in [-0.3, -0.25) is 0 Å². The lowest BCUT2D eigenvalue weighted by atomic mass is 9.97. The average Bonchev–Trinajstić information content (AvgIpc) is 3.13. The maximum Gasteiger partial charge on any atom is 0.122 e. The third-order valence-corrected chi connectivity index (χ3v) is 3.09. The molecule has 0 aliphatic heterocycles. The van der Waals surface area contributed by atoms with Crippen LogP contribution in [0.3, 0.4) is 0 Å². The first-order valence-electron chi connectivity index (χ1n) is 5.99. The molecule has 0 unspecified atom stereocenters. The minimum Gasteiger partial charge on any atom is -0.494 e. The van der Waals surface area contributed by atoms with Gasteiger partial charge >= 0.3 is 0 Å². The Bertz CT molecular complexity index is 377. The molecule has 0 amide bonds. The molecule has 1 aromatic carbocycles. The lowest BCUT2D eigenvalue weighted by Crippen LogP contribution is -1.98. The van der Waals surface area contributed by atoms with E-state index >= 15 is 0 Å². The standard InChI is InChI=1S/C15H19O/c1-4-11(3)13-8-9-15(16-5-2)14(10-13)12-6-7-12/h4,8-10,12H,1,5-7H2,2-3H3. The number of hydrogen-bond donors (Lipinski definition) is 0. The Balaban J connectivity index is 2.31. The molecule has 0 saturated heterocycles. The van der Waals surface area contributed by atoms with E-state index < -0.39 is 0 Å². The minimum atomic E-state index is 0.721. The number of rotatable bonds is 5. The van der Waals surface area contributed by atoms with Gasteiger partial charge in [-0.2, -0.15) is 0 Å². The van der Waals surface area contributed by atoms with Crippen LogP contribution in [0.5, 0.6) is 5.75 Å². The zero-order valence-corrected chi connectivity index (χ0v) is 10.1. The quantitative estimate of drug-likeness (QED) is 0.718. The fraction of sp³-hybridized carbons (Fsp3) is 0.400. The van der Waals surface area contributed by atoms with Gasteiger partial charge in [0.15, 0.2) is 0 Å². The van der Waals surface area contributed by atoms with Crippen molar-refractivity contribution in [2.75, 3.05) is 6.61 Å². The minimum absolute atomic E-state index is 0.721. The average molecular weight is 215 g/mol. The van der Waals surface area contributed by atoms with Gasteiger partial charge in [0.25, 0.3) is 0 Å². The van der Waals surface area contributed by atoms with Crippen LogP contribution in [0.15, 0.2) is 30.9 Å². The van der Waals surface area contributed by atoms with E-state index in [2.05, 4.69) is 31.7 Å². The van der Waals surface area contributed by atoms with Crippen LogP contribution in [0.2, 0.25) is 0 Å². The SMILES string of the molecule is C=C[C](C)c1ccc(OCC)c(C2CC2)c1. The molecule has 1 aromatic rings. The first kappa shape index (κ1) is 11.3. The van der Waals surface area contributed by atoms with E-state index in [0.717, 1.165) is 18.3 Å². The summed E-state index contributed by atoms with van der Waals surface area (Å²) in [6.07, 6.45) is 4.51. The second-order valence-electron chi connectivity index (χ2n) is 4.35. The molecule has 1 fully saturated rings. The molecule has 1 nitrogen and oxygen atoms in total. The highest BCUT2D eigenvalue weighted by atomic mass is 16.5. The fourth-order valence-corrected chi connectivity index (χ4v) is 1.91. The summed E-state index contributed by atoms with van der Waals surface area (Å²) in [6.45, 7) is 8.69. The molecule has 0 atom stereocenters. The van der Waals surface area contributed by atoms with Gasteiger partial charge in [-0.05, 0) is 42.9 Å². The third kappa shape index (κ3) is 2.29. The smallest absolute Gasteiger partial charge is 0.122 e. The lowest BCUT2D eigenvalue weighted by Gasteiger charge is -2.13. The summed E-state index contributed by atoms with van der Waals surface area (Å²) in [7, 11) is 0. The van der Waals surface area contributed by atoms with Gasteiger partial charge < -0.3 is 4.74 Å². The van der Waals surface area contributed by atoms with Crippen LogP contribution in [0.1, 0.15) is 43.7 Å². The molecule has 0 N–H and O–H groups in total. The summed E-state index contributed by atoms with van der Waals surface area (Å²) in [5, 5.41) is 0. The zero-order chi connectivity index (χ0) is 11.5. The van der Waals surface area contributed by atoms with Crippen LogP contribution < -0.4 is 4.74 Å². The molecule has 1 radical (unpaired) electrons. The van der Waals surface area contributed by atoms with E-state index in [4.69, 9.17) is 4.74 Å². The monoisotopic (exact) mass is 215 g/mol. The van der Waals surface area contributed by atoms with E-state index in [0.29, 0.717) is 0 Å². The highest BCUT2D eigenvalue weighted by molar-refractivity contribution is 5.47. The van der Waals surface area contributed by atoms with Gasteiger partial charge in [-0.15, -0.1) is 6.58 Å². The van der Waals surface area contributed by atoms with Crippen molar-refractivity contribution < 1.29 is 4.74 Å². The van der Waals surface area contributed by atoms with E-state index in [1.54, 1.807) is 0 Å². The molecular formula is C15H19O. The highest BCUT2D eigenvalue weighted by Gasteiger charge is 2.27. The van der Waals surface area contributed by atoms with Crippen LogP contribution >= 0.6 is 0 Å². The Morgan fingerprint density at radius 1 is 1.50 bits per heavy atom. The van der Waals surface area contributed by atoms with E-state index in [-0.39, 0.29) is 0 Å². The van der Waals surface area contributed by atoms with Crippen LogP contribution in [-0.4, -0.2) is 6.61 Å². The first-order chi connectivity index (χ1) is 7.76. The van der Waals surface area contributed by atoms with Gasteiger partial charge in [0, 0.05) is 5.92 Å². The molecule has 0 bridgehead atoms. The van der Waals surface area contributed by atoms with Gasteiger partial charge in [0.05, 0.1) is 6.61 Å². The van der Waals surface area contributed by atoms with Crippen molar-refractivity contribution in [3.8, 4) is 5.75 Å². The van der Waals surface area contributed by atoms with Crippen molar-refractivity contribution in [2.45, 2.75) is 32.6 Å². The van der Waals surface area contributed by atoms with Crippen molar-refractivity contribution in [3.05, 3.63) is 47.9 Å². The molecule has 0 aromatic heterocycles. The van der Waals surface area contributed by atoms with Crippen molar-refractivity contribution >= 4 is 0 Å². The Labute approximate surface area is 98.1 Å².